The van der Waals surface area contributed by atoms with E-state index in [0.29, 0.717) is 117 Å². The van der Waals surface area contributed by atoms with Crippen LogP contribution in [-0.4, -0.2) is 129 Å². The Hall–Kier alpha value is -3.14. The average molecular weight is 656 g/mol. The lowest BCUT2D eigenvalue weighted by Crippen LogP contribution is -2.37. The standard InChI is InChI=1S/C31H61N9O6/c1-26(41)8-11-29(44)40(24-6-18-36-27(42)9-12-30(45)38(20-2-14-32)21-3-15-33)25-7-19-37-28(43)10-13-31(46)39(22-4-16-34)23-5-17-35/h2-25,32-35H2,1H3,(H,36,42)(H,37,43). The van der Waals surface area contributed by atoms with Gasteiger partial charge in [-0.15, -0.1) is 0 Å². The van der Waals surface area contributed by atoms with Gasteiger partial charge in [-0.3, -0.25) is 24.0 Å². The van der Waals surface area contributed by atoms with Crippen molar-refractivity contribution in [3.8, 4) is 0 Å². The van der Waals surface area contributed by atoms with Gasteiger partial charge in [0, 0.05) is 90.9 Å². The van der Waals surface area contributed by atoms with Gasteiger partial charge in [0.1, 0.15) is 5.78 Å². The Morgan fingerprint density at radius 1 is 0.435 bits per heavy atom. The molecule has 0 aliphatic heterocycles. The lowest BCUT2D eigenvalue weighted by Gasteiger charge is -2.23. The molecule has 0 aromatic carbocycles. The zero-order chi connectivity index (χ0) is 34.6. The molecule has 0 bridgehead atoms. The number of amides is 5. The molecule has 10 N–H and O–H groups in total. The van der Waals surface area contributed by atoms with Gasteiger partial charge in [0.2, 0.25) is 29.5 Å². The number of nitrogens with two attached hydrogens (primary N) is 4. The van der Waals surface area contributed by atoms with Crippen LogP contribution >= 0.6 is 0 Å². The third-order valence-electron chi connectivity index (χ3n) is 7.26. The van der Waals surface area contributed by atoms with Crippen molar-refractivity contribution in [1.82, 2.24) is 25.3 Å². The number of hydrogen-bond donors (Lipinski definition) is 6. The van der Waals surface area contributed by atoms with Crippen molar-refractivity contribution in [2.75, 3.05) is 78.5 Å². The number of Topliss-reactive ketones (excluding diaryl/α,β-unsaturated/α-hetero) is 1. The van der Waals surface area contributed by atoms with Crippen LogP contribution in [0.2, 0.25) is 0 Å². The zero-order valence-corrected chi connectivity index (χ0v) is 28.1. The van der Waals surface area contributed by atoms with Crippen LogP contribution in [0.1, 0.15) is 84.0 Å². The van der Waals surface area contributed by atoms with Crippen molar-refractivity contribution in [3.05, 3.63) is 0 Å². The molecule has 0 aromatic heterocycles. The summed E-state index contributed by atoms with van der Waals surface area (Å²) >= 11 is 0. The molecule has 0 atom stereocenters. The van der Waals surface area contributed by atoms with Crippen LogP contribution in [0.4, 0.5) is 0 Å². The molecular formula is C31H61N9O6. The van der Waals surface area contributed by atoms with Crippen LogP contribution < -0.4 is 33.6 Å². The molecule has 0 saturated heterocycles. The molecule has 46 heavy (non-hydrogen) atoms. The quantitative estimate of drug-likeness (QED) is 0.0527. The second-order valence-corrected chi connectivity index (χ2v) is 11.3. The minimum Gasteiger partial charge on any atom is -0.356 e. The minimum absolute atomic E-state index is 0.0621. The maximum absolute atomic E-state index is 12.8. The van der Waals surface area contributed by atoms with E-state index >= 15 is 0 Å². The smallest absolute Gasteiger partial charge is 0.223 e. The monoisotopic (exact) mass is 655 g/mol. The van der Waals surface area contributed by atoms with Crippen LogP contribution in [0, 0.1) is 0 Å². The largest absolute Gasteiger partial charge is 0.356 e. The summed E-state index contributed by atoms with van der Waals surface area (Å²) in [4.78, 5) is 79.0. The van der Waals surface area contributed by atoms with E-state index in [-0.39, 0.29) is 73.8 Å². The summed E-state index contributed by atoms with van der Waals surface area (Å²) in [5, 5.41) is 5.60. The molecule has 0 heterocycles. The lowest BCUT2D eigenvalue weighted by atomic mass is 10.2. The Kier molecular flexibility index (Phi) is 26.2. The highest BCUT2D eigenvalue weighted by molar-refractivity contribution is 5.85. The molecule has 5 amide bonds. The van der Waals surface area contributed by atoms with Gasteiger partial charge in [0.15, 0.2) is 0 Å². The maximum atomic E-state index is 12.8. The molecule has 0 spiro atoms. The Bertz CT molecular complexity index is 834. The number of nitrogens with zero attached hydrogens (tertiary/aromatic N) is 3. The van der Waals surface area contributed by atoms with E-state index in [0.717, 1.165) is 0 Å². The topological polar surface area (TPSA) is 240 Å². The van der Waals surface area contributed by atoms with Gasteiger partial charge in [0.25, 0.3) is 0 Å². The van der Waals surface area contributed by atoms with Crippen molar-refractivity contribution in [3.63, 3.8) is 0 Å². The van der Waals surface area contributed by atoms with Gasteiger partial charge in [-0.1, -0.05) is 0 Å². The fourth-order valence-electron chi connectivity index (χ4n) is 4.58. The second-order valence-electron chi connectivity index (χ2n) is 11.3. The average Bonchev–Trinajstić information content (AvgIpc) is 3.04. The van der Waals surface area contributed by atoms with Crippen molar-refractivity contribution in [2.45, 2.75) is 84.0 Å². The SMILES string of the molecule is CC(=O)CCC(=O)N(CCCNC(=O)CCC(=O)N(CCCN)CCCN)CCCNC(=O)CCC(=O)N(CCCN)CCCN. The Morgan fingerprint density at radius 3 is 1.00 bits per heavy atom. The lowest BCUT2D eigenvalue weighted by molar-refractivity contribution is -0.134. The Labute approximate surface area is 274 Å². The second kappa shape index (κ2) is 28.1. The third kappa shape index (κ3) is 22.4. The summed E-state index contributed by atoms with van der Waals surface area (Å²) in [7, 11) is 0. The molecule has 0 aliphatic carbocycles. The number of carbonyl (C=O) groups excluding carboxylic acids is 6. The number of carbonyl (C=O) groups is 6. The fraction of sp³-hybridized carbons (Fsp3) is 0.806. The Balaban J connectivity index is 4.64. The van der Waals surface area contributed by atoms with Crippen LogP contribution in [-0.2, 0) is 28.8 Å². The van der Waals surface area contributed by atoms with E-state index in [2.05, 4.69) is 10.6 Å². The van der Waals surface area contributed by atoms with Gasteiger partial charge < -0.3 is 53.1 Å². The molecule has 266 valence electrons. The minimum atomic E-state index is -0.247. The maximum Gasteiger partial charge on any atom is 0.223 e. The van der Waals surface area contributed by atoms with Crippen molar-refractivity contribution in [2.24, 2.45) is 22.9 Å². The van der Waals surface area contributed by atoms with E-state index < -0.39 is 0 Å². The van der Waals surface area contributed by atoms with E-state index in [1.807, 2.05) is 0 Å². The number of ketones is 1. The first-order valence-electron chi connectivity index (χ1n) is 16.8. The van der Waals surface area contributed by atoms with Gasteiger partial charge >= 0.3 is 0 Å². The van der Waals surface area contributed by atoms with E-state index in [9.17, 15) is 28.8 Å². The molecule has 0 radical (unpaired) electrons. The molecule has 0 rings (SSSR count). The highest BCUT2D eigenvalue weighted by atomic mass is 16.2. The summed E-state index contributed by atoms with van der Waals surface area (Å²) < 4.78 is 0. The van der Waals surface area contributed by atoms with Crippen molar-refractivity contribution >= 4 is 35.3 Å². The van der Waals surface area contributed by atoms with E-state index in [1.165, 1.54) is 6.92 Å². The molecule has 0 aliphatic rings. The third-order valence-corrected chi connectivity index (χ3v) is 7.26. The normalized spacial score (nSPS) is 10.7. The van der Waals surface area contributed by atoms with E-state index in [4.69, 9.17) is 22.9 Å². The molecule has 0 unspecified atom stereocenters. The molecule has 0 saturated carbocycles. The van der Waals surface area contributed by atoms with Gasteiger partial charge in [-0.2, -0.15) is 0 Å². The van der Waals surface area contributed by atoms with Crippen LogP contribution in [0.15, 0.2) is 0 Å². The molecular weight excluding hydrogens is 594 g/mol. The first-order chi connectivity index (χ1) is 22.1. The summed E-state index contributed by atoms with van der Waals surface area (Å²) in [5.74, 6) is -0.956. The Morgan fingerprint density at radius 2 is 0.717 bits per heavy atom. The molecule has 15 heteroatoms. The summed E-state index contributed by atoms with van der Waals surface area (Å²) in [6, 6.07) is 0. The zero-order valence-electron chi connectivity index (χ0n) is 28.1. The van der Waals surface area contributed by atoms with E-state index in [1.54, 1.807) is 14.7 Å². The molecule has 0 fully saturated rings. The van der Waals surface area contributed by atoms with Gasteiger partial charge in [0.05, 0.1) is 0 Å². The predicted octanol–water partition coefficient (Wildman–Crippen LogP) is -1.19. The van der Waals surface area contributed by atoms with Gasteiger partial charge in [-0.05, 0) is 71.6 Å². The summed E-state index contributed by atoms with van der Waals surface area (Å²) in [5.41, 5.74) is 22.3. The first-order valence-corrected chi connectivity index (χ1v) is 16.8. The number of nitrogens with one attached hydrogen (secondary N) is 2. The number of hydrogen-bond acceptors (Lipinski definition) is 10. The molecule has 15 nitrogen and oxygen atoms in total. The summed E-state index contributed by atoms with van der Waals surface area (Å²) in [6.07, 6.45) is 4.26. The van der Waals surface area contributed by atoms with Crippen LogP contribution in [0.25, 0.3) is 0 Å². The van der Waals surface area contributed by atoms with Crippen LogP contribution in [0.5, 0.6) is 0 Å². The fourth-order valence-corrected chi connectivity index (χ4v) is 4.58. The van der Waals surface area contributed by atoms with Crippen molar-refractivity contribution < 1.29 is 28.8 Å². The highest BCUT2D eigenvalue weighted by Crippen LogP contribution is 2.05. The van der Waals surface area contributed by atoms with Gasteiger partial charge in [-0.25, -0.2) is 0 Å². The van der Waals surface area contributed by atoms with Crippen LogP contribution in [0.3, 0.4) is 0 Å². The molecule has 0 aromatic rings. The predicted molar refractivity (Wildman–Crippen MR) is 178 cm³/mol. The number of rotatable bonds is 29. The van der Waals surface area contributed by atoms with Crippen molar-refractivity contribution in [1.29, 1.82) is 0 Å². The first kappa shape index (κ1) is 42.9. The summed E-state index contributed by atoms with van der Waals surface area (Å²) in [6.45, 7) is 6.88. The highest BCUT2D eigenvalue weighted by Gasteiger charge is 2.17.